The van der Waals surface area contributed by atoms with Crippen LogP contribution in [0.1, 0.15) is 0 Å². The Morgan fingerprint density at radius 3 is 1.95 bits per heavy atom. The molecule has 3 heterocycles. The molecule has 58 heavy (non-hydrogen) atoms. The van der Waals surface area contributed by atoms with Gasteiger partial charge in [-0.1, -0.05) is 164 Å². The largest absolute Gasteiger partial charge is 0.455 e. The fraction of sp³-hybridized carbons (Fsp3) is 0. The fourth-order valence-electron chi connectivity index (χ4n) is 8.76. The zero-order chi connectivity index (χ0) is 38.2. The maximum absolute atomic E-state index is 6.57. The summed E-state index contributed by atoms with van der Waals surface area (Å²) in [6.45, 7) is 0. The van der Waals surface area contributed by atoms with Crippen molar-refractivity contribution in [1.29, 1.82) is 0 Å². The average Bonchev–Trinajstić information content (AvgIpc) is 3.84. The molecule has 0 spiro atoms. The van der Waals surface area contributed by atoms with E-state index in [-0.39, 0.29) is 0 Å². The summed E-state index contributed by atoms with van der Waals surface area (Å²) in [7, 11) is 0. The molecule has 5 nitrogen and oxygen atoms in total. The monoisotopic (exact) mass is 740 g/mol. The van der Waals surface area contributed by atoms with E-state index in [1.165, 1.54) is 21.5 Å². The molecule has 12 rings (SSSR count). The number of rotatable bonds is 5. The van der Waals surface area contributed by atoms with E-state index in [9.17, 15) is 0 Å². The second kappa shape index (κ2) is 12.8. The number of para-hydroxylation sites is 3. The van der Waals surface area contributed by atoms with E-state index in [0.29, 0.717) is 17.6 Å². The number of hydrogen-bond acceptors (Lipinski definition) is 4. The highest BCUT2D eigenvalue weighted by molar-refractivity contribution is 6.15. The van der Waals surface area contributed by atoms with Gasteiger partial charge < -0.3 is 4.42 Å². The van der Waals surface area contributed by atoms with Crippen molar-refractivity contribution in [2.75, 3.05) is 0 Å². The molecule has 0 radical (unpaired) electrons. The quantitative estimate of drug-likeness (QED) is 0.165. The van der Waals surface area contributed by atoms with Crippen LogP contribution in [0.2, 0.25) is 0 Å². The van der Waals surface area contributed by atoms with Crippen LogP contribution in [0, 0.1) is 0 Å². The van der Waals surface area contributed by atoms with E-state index in [2.05, 4.69) is 168 Å². The second-order valence-electron chi connectivity index (χ2n) is 14.8. The Labute approximate surface area is 333 Å². The van der Waals surface area contributed by atoms with Gasteiger partial charge in [0.05, 0.1) is 16.6 Å². The minimum atomic E-state index is 0.533. The van der Waals surface area contributed by atoms with Crippen molar-refractivity contribution >= 4 is 65.3 Å². The van der Waals surface area contributed by atoms with Crippen LogP contribution in [0.25, 0.3) is 116 Å². The number of nitrogens with zero attached hydrogens (tertiary/aromatic N) is 4. The third kappa shape index (κ3) is 5.07. The Morgan fingerprint density at radius 1 is 0.362 bits per heavy atom. The lowest BCUT2D eigenvalue weighted by Crippen LogP contribution is -2.06. The summed E-state index contributed by atoms with van der Waals surface area (Å²) in [6.07, 6.45) is 0. The van der Waals surface area contributed by atoms with Gasteiger partial charge in [0.2, 0.25) is 5.95 Å². The smallest absolute Gasteiger partial charge is 0.238 e. The highest BCUT2D eigenvalue weighted by Gasteiger charge is 2.21. The summed E-state index contributed by atoms with van der Waals surface area (Å²) in [5, 5.41) is 9.20. The minimum Gasteiger partial charge on any atom is -0.455 e. The van der Waals surface area contributed by atoms with Crippen LogP contribution < -0.4 is 0 Å². The highest BCUT2D eigenvalue weighted by atomic mass is 16.3. The van der Waals surface area contributed by atoms with Crippen molar-refractivity contribution in [1.82, 2.24) is 19.5 Å². The van der Waals surface area contributed by atoms with E-state index in [1.807, 2.05) is 30.3 Å². The summed E-state index contributed by atoms with van der Waals surface area (Å²) in [5.41, 5.74) is 9.82. The lowest BCUT2D eigenvalue weighted by Gasteiger charge is -2.13. The molecule has 0 saturated heterocycles. The molecule has 12 aromatic rings. The van der Waals surface area contributed by atoms with Crippen LogP contribution in [0.4, 0.5) is 0 Å². The summed E-state index contributed by atoms with van der Waals surface area (Å²) < 4.78 is 8.75. The van der Waals surface area contributed by atoms with Gasteiger partial charge in [-0.25, -0.2) is 4.98 Å². The summed E-state index contributed by atoms with van der Waals surface area (Å²) in [4.78, 5) is 16.0. The van der Waals surface area contributed by atoms with Crippen molar-refractivity contribution in [2.45, 2.75) is 0 Å². The van der Waals surface area contributed by atoms with E-state index >= 15 is 0 Å². The molecule has 0 amide bonds. The van der Waals surface area contributed by atoms with Gasteiger partial charge in [-0.2, -0.15) is 9.97 Å². The maximum Gasteiger partial charge on any atom is 0.238 e. The van der Waals surface area contributed by atoms with Gasteiger partial charge in [-0.05, 0) is 74.1 Å². The Balaban J connectivity index is 1.13. The van der Waals surface area contributed by atoms with Crippen molar-refractivity contribution in [3.05, 3.63) is 194 Å². The lowest BCUT2D eigenvalue weighted by atomic mass is 9.93. The number of furan rings is 1. The third-order valence-electron chi connectivity index (χ3n) is 11.5. The van der Waals surface area contributed by atoms with Crippen molar-refractivity contribution in [3.8, 4) is 51.0 Å². The molecule has 0 saturated carbocycles. The molecule has 0 fully saturated rings. The highest BCUT2D eigenvalue weighted by Crippen LogP contribution is 2.39. The van der Waals surface area contributed by atoms with Crippen LogP contribution >= 0.6 is 0 Å². The van der Waals surface area contributed by atoms with Crippen molar-refractivity contribution in [2.24, 2.45) is 0 Å². The molecule has 270 valence electrons. The molecule has 9 aromatic carbocycles. The normalized spacial score (nSPS) is 11.8. The average molecular weight is 741 g/mol. The molecule has 3 aromatic heterocycles. The second-order valence-corrected chi connectivity index (χ2v) is 14.8. The molecule has 0 N–H and O–H groups in total. The molecule has 0 aliphatic rings. The third-order valence-corrected chi connectivity index (χ3v) is 11.5. The number of benzene rings is 9. The van der Waals surface area contributed by atoms with Gasteiger partial charge in [-0.3, -0.25) is 4.57 Å². The first-order chi connectivity index (χ1) is 28.7. The van der Waals surface area contributed by atoms with Gasteiger partial charge in [-0.15, -0.1) is 0 Å². The van der Waals surface area contributed by atoms with E-state index < -0.39 is 0 Å². The topological polar surface area (TPSA) is 56.7 Å². The molecular formula is C53H32N4O. The maximum atomic E-state index is 6.57. The molecule has 5 heteroatoms. The van der Waals surface area contributed by atoms with Crippen LogP contribution in [0.3, 0.4) is 0 Å². The van der Waals surface area contributed by atoms with Gasteiger partial charge >= 0.3 is 0 Å². The van der Waals surface area contributed by atoms with E-state index in [4.69, 9.17) is 19.4 Å². The Hall–Kier alpha value is -7.89. The summed E-state index contributed by atoms with van der Waals surface area (Å²) >= 11 is 0. The Kier molecular flexibility index (Phi) is 7.16. The van der Waals surface area contributed by atoms with Gasteiger partial charge in [0.25, 0.3) is 0 Å². The first-order valence-electron chi connectivity index (χ1n) is 19.5. The zero-order valence-electron chi connectivity index (χ0n) is 31.2. The van der Waals surface area contributed by atoms with Crippen LogP contribution in [0.5, 0.6) is 0 Å². The van der Waals surface area contributed by atoms with Crippen LogP contribution in [0.15, 0.2) is 199 Å². The number of aromatic nitrogens is 4. The van der Waals surface area contributed by atoms with Crippen molar-refractivity contribution < 1.29 is 4.42 Å². The van der Waals surface area contributed by atoms with Crippen molar-refractivity contribution in [3.63, 3.8) is 0 Å². The Morgan fingerprint density at radius 2 is 1.02 bits per heavy atom. The van der Waals surface area contributed by atoms with Crippen LogP contribution in [-0.2, 0) is 0 Å². The standard InChI is InChI=1S/C53H32N4O/c1-2-13-33(14-3-1)36-29-30-42-41-20-6-8-25-46(41)57(47(42)32-36)53-55-51(54-52(56-53)45-24-12-23-44-43-21-7-9-26-48(43)58-50(44)45)38-18-10-17-37(31-38)40-22-11-16-35-28-27-34-15-4-5-19-39(34)49(35)40/h1-32H. The first-order valence-corrected chi connectivity index (χ1v) is 19.5. The van der Waals surface area contributed by atoms with Gasteiger partial charge in [0.1, 0.15) is 11.2 Å². The number of hydrogen-bond donors (Lipinski definition) is 0. The SMILES string of the molecule is c1ccc(-c2ccc3c4ccccc4n(-c4nc(-c5cccc(-c6cccc7ccc8ccccc8c67)c5)nc(-c5cccc6c5oc5ccccc56)n4)c3c2)cc1. The van der Waals surface area contributed by atoms with E-state index in [1.54, 1.807) is 0 Å². The predicted molar refractivity (Wildman–Crippen MR) is 238 cm³/mol. The van der Waals surface area contributed by atoms with Gasteiger partial charge in [0, 0.05) is 27.1 Å². The Bertz CT molecular complexity index is 3580. The molecule has 0 bridgehead atoms. The minimum absolute atomic E-state index is 0.533. The summed E-state index contributed by atoms with van der Waals surface area (Å²) in [6, 6.07) is 68.1. The summed E-state index contributed by atoms with van der Waals surface area (Å²) in [5.74, 6) is 1.65. The zero-order valence-corrected chi connectivity index (χ0v) is 31.2. The first kappa shape index (κ1) is 32.4. The molecular weight excluding hydrogens is 709 g/mol. The molecule has 0 atom stereocenters. The lowest BCUT2D eigenvalue weighted by molar-refractivity contribution is 0.669. The van der Waals surface area contributed by atoms with Crippen LogP contribution in [-0.4, -0.2) is 19.5 Å². The fourth-order valence-corrected chi connectivity index (χ4v) is 8.76. The molecule has 0 aliphatic heterocycles. The van der Waals surface area contributed by atoms with E-state index in [0.717, 1.165) is 77.1 Å². The number of fused-ring (bicyclic) bond motifs is 9. The molecule has 0 aliphatic carbocycles. The van der Waals surface area contributed by atoms with Gasteiger partial charge in [0.15, 0.2) is 11.6 Å². The molecule has 0 unspecified atom stereocenters. The predicted octanol–water partition coefficient (Wildman–Crippen LogP) is 13.8.